The van der Waals surface area contributed by atoms with E-state index in [1.165, 1.54) is 50.5 Å². The van der Waals surface area contributed by atoms with Gasteiger partial charge in [-0.25, -0.2) is 0 Å². The molecule has 0 aromatic heterocycles. The van der Waals surface area contributed by atoms with Gasteiger partial charge in [-0.1, -0.05) is 62.4 Å². The normalized spacial score (nSPS) is 20.0. The molecule has 0 amide bonds. The highest BCUT2D eigenvalue weighted by molar-refractivity contribution is 5.30. The average molecular weight is 187 g/mol. The van der Waals surface area contributed by atoms with Crippen molar-refractivity contribution < 1.29 is 0 Å². The monoisotopic (exact) mass is 187 g/mol. The number of hydrogen-bond donors (Lipinski definition) is 0. The minimum absolute atomic E-state index is 1.32. The first-order chi connectivity index (χ1) is 6.97. The summed E-state index contributed by atoms with van der Waals surface area (Å²) < 4.78 is 0. The lowest BCUT2D eigenvalue weighted by atomic mass is 9.86. The highest BCUT2D eigenvalue weighted by Gasteiger charge is 2.13. The van der Waals surface area contributed by atoms with E-state index in [4.69, 9.17) is 0 Å². The van der Waals surface area contributed by atoms with Crippen molar-refractivity contribution in [3.8, 4) is 0 Å². The van der Waals surface area contributed by atoms with Crippen molar-refractivity contribution in [1.82, 2.24) is 0 Å². The summed E-state index contributed by atoms with van der Waals surface area (Å²) in [5.41, 5.74) is 1.48. The molecule has 0 N–H and O–H groups in total. The summed E-state index contributed by atoms with van der Waals surface area (Å²) in [5, 5.41) is 0. The van der Waals surface area contributed by atoms with Crippen molar-refractivity contribution in [2.45, 2.75) is 44.9 Å². The van der Waals surface area contributed by atoms with Gasteiger partial charge in [0, 0.05) is 5.92 Å². The van der Waals surface area contributed by atoms with Gasteiger partial charge in [0.15, 0.2) is 0 Å². The van der Waals surface area contributed by atoms with Gasteiger partial charge in [-0.15, -0.1) is 0 Å². The Morgan fingerprint density at radius 2 is 1.21 bits per heavy atom. The Morgan fingerprint density at radius 3 is 1.86 bits per heavy atom. The Hall–Kier alpha value is -0.780. The molecular weight excluding hydrogens is 168 g/mol. The van der Waals surface area contributed by atoms with E-state index in [1.807, 2.05) is 0 Å². The molecule has 75 valence electrons. The van der Waals surface area contributed by atoms with E-state index in [0.29, 0.717) is 0 Å². The van der Waals surface area contributed by atoms with Crippen LogP contribution in [0.3, 0.4) is 0 Å². The number of benzene rings is 1. The fraction of sp³-hybridized carbons (Fsp3) is 0.500. The van der Waals surface area contributed by atoms with Gasteiger partial charge in [-0.2, -0.15) is 0 Å². The molecule has 0 atom stereocenters. The Balaban J connectivity index is 2.01. The van der Waals surface area contributed by atoms with Crippen LogP contribution in [0, 0.1) is 5.92 Å². The van der Waals surface area contributed by atoms with Gasteiger partial charge < -0.3 is 0 Å². The fourth-order valence-corrected chi connectivity index (χ4v) is 2.29. The van der Waals surface area contributed by atoms with Crippen LogP contribution in [0.5, 0.6) is 0 Å². The van der Waals surface area contributed by atoms with Crippen LogP contribution in [0.15, 0.2) is 30.3 Å². The third-order valence-electron chi connectivity index (χ3n) is 3.14. The zero-order chi connectivity index (χ0) is 9.64. The van der Waals surface area contributed by atoms with Crippen LogP contribution in [-0.4, -0.2) is 0 Å². The van der Waals surface area contributed by atoms with Gasteiger partial charge in [-0.05, 0) is 18.4 Å². The Bertz CT molecular complexity index is 242. The maximum Gasteiger partial charge on any atom is 0.00498 e. The second kappa shape index (κ2) is 5.19. The molecule has 0 spiro atoms. The lowest BCUT2D eigenvalue weighted by Gasteiger charge is -2.19. The molecular formula is C14H19. The Kier molecular flexibility index (Phi) is 3.62. The molecule has 2 rings (SSSR count). The molecule has 1 aliphatic carbocycles. The molecule has 0 unspecified atom stereocenters. The van der Waals surface area contributed by atoms with Crippen LogP contribution >= 0.6 is 0 Å². The SMILES string of the molecule is c1ccc([C]2CCCCCCC2)cc1. The predicted octanol–water partition coefficient (Wildman–Crippen LogP) is 4.35. The van der Waals surface area contributed by atoms with Gasteiger partial charge in [0.25, 0.3) is 0 Å². The van der Waals surface area contributed by atoms with Crippen LogP contribution in [0.2, 0.25) is 0 Å². The van der Waals surface area contributed by atoms with E-state index >= 15 is 0 Å². The van der Waals surface area contributed by atoms with E-state index in [2.05, 4.69) is 30.3 Å². The molecule has 0 heterocycles. The molecule has 0 heteroatoms. The van der Waals surface area contributed by atoms with E-state index in [9.17, 15) is 0 Å². The van der Waals surface area contributed by atoms with E-state index < -0.39 is 0 Å². The molecule has 0 saturated heterocycles. The summed E-state index contributed by atoms with van der Waals surface area (Å²) in [6.45, 7) is 0. The number of hydrogen-bond acceptors (Lipinski definition) is 0. The average Bonchev–Trinajstić information content (AvgIpc) is 2.18. The van der Waals surface area contributed by atoms with Crippen LogP contribution in [0.1, 0.15) is 50.5 Å². The van der Waals surface area contributed by atoms with Crippen molar-refractivity contribution >= 4 is 0 Å². The highest BCUT2D eigenvalue weighted by atomic mass is 14.2. The van der Waals surface area contributed by atoms with E-state index in [1.54, 1.807) is 5.92 Å². The van der Waals surface area contributed by atoms with Gasteiger partial charge in [-0.3, -0.25) is 0 Å². The summed E-state index contributed by atoms with van der Waals surface area (Å²) in [6.07, 6.45) is 9.73. The lowest BCUT2D eigenvalue weighted by Crippen LogP contribution is -2.02. The molecule has 1 aliphatic rings. The molecule has 1 saturated carbocycles. The first kappa shape index (κ1) is 9.76. The number of rotatable bonds is 1. The molecule has 1 fully saturated rings. The molecule has 1 aromatic carbocycles. The van der Waals surface area contributed by atoms with Gasteiger partial charge in [0.05, 0.1) is 0 Å². The lowest BCUT2D eigenvalue weighted by molar-refractivity contribution is 0.538. The second-order valence-corrected chi connectivity index (χ2v) is 4.24. The smallest absolute Gasteiger partial charge is 0.00498 e. The topological polar surface area (TPSA) is 0 Å². The van der Waals surface area contributed by atoms with Crippen molar-refractivity contribution in [1.29, 1.82) is 0 Å². The maximum absolute atomic E-state index is 2.26. The summed E-state index contributed by atoms with van der Waals surface area (Å²) in [5.74, 6) is 1.69. The largest absolute Gasteiger partial charge is 0.0622 e. The van der Waals surface area contributed by atoms with Crippen LogP contribution in [0.4, 0.5) is 0 Å². The Labute approximate surface area is 87.3 Å². The molecule has 1 aromatic rings. The van der Waals surface area contributed by atoms with Gasteiger partial charge >= 0.3 is 0 Å². The van der Waals surface area contributed by atoms with Crippen molar-refractivity contribution in [2.24, 2.45) is 0 Å². The van der Waals surface area contributed by atoms with E-state index in [-0.39, 0.29) is 0 Å². The van der Waals surface area contributed by atoms with Gasteiger partial charge in [0.2, 0.25) is 0 Å². The summed E-state index contributed by atoms with van der Waals surface area (Å²) in [6, 6.07) is 10.9. The predicted molar refractivity (Wildman–Crippen MR) is 61.1 cm³/mol. The fourth-order valence-electron chi connectivity index (χ4n) is 2.29. The van der Waals surface area contributed by atoms with E-state index in [0.717, 1.165) is 0 Å². The molecule has 0 nitrogen and oxygen atoms in total. The standard InChI is InChI=1S/C14H19/c1-2-5-9-13(10-6-3-1)14-11-7-4-8-12-14/h4,7-8,11-12H,1-3,5-6,9-10H2. The maximum atomic E-state index is 2.26. The molecule has 14 heavy (non-hydrogen) atoms. The van der Waals surface area contributed by atoms with Crippen LogP contribution in [0.25, 0.3) is 0 Å². The molecule has 0 aliphatic heterocycles. The van der Waals surface area contributed by atoms with Crippen LogP contribution in [-0.2, 0) is 0 Å². The first-order valence-electron chi connectivity index (χ1n) is 5.87. The highest BCUT2D eigenvalue weighted by Crippen LogP contribution is 2.29. The zero-order valence-electron chi connectivity index (χ0n) is 8.84. The van der Waals surface area contributed by atoms with Crippen molar-refractivity contribution in [2.75, 3.05) is 0 Å². The molecule has 1 radical (unpaired) electrons. The second-order valence-electron chi connectivity index (χ2n) is 4.24. The zero-order valence-corrected chi connectivity index (χ0v) is 8.84. The summed E-state index contributed by atoms with van der Waals surface area (Å²) in [7, 11) is 0. The third kappa shape index (κ3) is 2.60. The van der Waals surface area contributed by atoms with Gasteiger partial charge in [0.1, 0.15) is 0 Å². The third-order valence-corrected chi connectivity index (χ3v) is 3.14. The molecule has 0 bridgehead atoms. The first-order valence-corrected chi connectivity index (χ1v) is 5.87. The Morgan fingerprint density at radius 1 is 0.643 bits per heavy atom. The minimum atomic E-state index is 1.32. The van der Waals surface area contributed by atoms with Crippen molar-refractivity contribution in [3.05, 3.63) is 41.8 Å². The summed E-state index contributed by atoms with van der Waals surface area (Å²) >= 11 is 0. The van der Waals surface area contributed by atoms with Crippen molar-refractivity contribution in [3.63, 3.8) is 0 Å². The minimum Gasteiger partial charge on any atom is -0.0622 e. The quantitative estimate of drug-likeness (QED) is 0.613. The summed E-state index contributed by atoms with van der Waals surface area (Å²) in [4.78, 5) is 0. The van der Waals surface area contributed by atoms with Crippen LogP contribution < -0.4 is 0 Å².